The largest absolute Gasteiger partial charge is 0.508 e. The van der Waals surface area contributed by atoms with Crippen molar-refractivity contribution in [2.75, 3.05) is 13.2 Å². The normalized spacial score (nSPS) is 21.6. The molecule has 0 aromatic heterocycles. The van der Waals surface area contributed by atoms with Crippen LogP contribution in [0.25, 0.3) is 0 Å². The minimum absolute atomic E-state index is 0.00744. The van der Waals surface area contributed by atoms with Crippen LogP contribution in [0.15, 0.2) is 24.3 Å². The molecule has 0 amide bonds. The summed E-state index contributed by atoms with van der Waals surface area (Å²) in [5.74, 6) is -11.4. The van der Waals surface area contributed by atoms with E-state index in [4.69, 9.17) is 9.84 Å². The van der Waals surface area contributed by atoms with E-state index in [1.165, 1.54) is 0 Å². The first-order valence-electron chi connectivity index (χ1n) is 12.0. The minimum Gasteiger partial charge on any atom is -0.508 e. The Morgan fingerprint density at radius 3 is 2.46 bits per heavy atom. The fourth-order valence-electron chi connectivity index (χ4n) is 5.24. The van der Waals surface area contributed by atoms with Crippen LogP contribution in [0, 0.1) is 27.4 Å². The standard InChI is InChI=1S/C25H27F2NO11/c1-24(2)15-12-16(24)17(29)11-14(15)22-18(30)9-13(10-19(22)39-21(33)6-5-20(31)32)25(26,27)23(34)37-7-3-4-8-38-28(35)36/h5-6,9-10,14-16,30H,3-4,7-8,11-12H2,1-2H3,(H,31,32)/t14-,15-,16+/m1/s1. The maximum absolute atomic E-state index is 15.0. The number of carbonyl (C=O) groups is 4. The molecule has 3 saturated carbocycles. The van der Waals surface area contributed by atoms with Crippen LogP contribution in [0.5, 0.6) is 11.5 Å². The number of aliphatic carboxylic acids is 1. The summed E-state index contributed by atoms with van der Waals surface area (Å²) >= 11 is 0. The number of esters is 2. The lowest BCUT2D eigenvalue weighted by atomic mass is 9.44. The van der Waals surface area contributed by atoms with Crippen LogP contribution < -0.4 is 4.74 Å². The SMILES string of the molecule is CC1(C)[C@@H]2C[C@H]1C(=O)C[C@H]2c1c(O)cc(C(F)(F)C(=O)OCCCCO[N+](=O)[O-])cc1OC(=O)C=CC(=O)O. The predicted molar refractivity (Wildman–Crippen MR) is 125 cm³/mol. The third-order valence-corrected chi connectivity index (χ3v) is 7.29. The minimum atomic E-state index is -4.31. The van der Waals surface area contributed by atoms with E-state index in [-0.39, 0.29) is 49.1 Å². The van der Waals surface area contributed by atoms with E-state index < -0.39 is 63.9 Å². The molecule has 0 heterocycles. The van der Waals surface area contributed by atoms with Gasteiger partial charge in [-0.05, 0) is 42.7 Å². The van der Waals surface area contributed by atoms with Crippen molar-refractivity contribution in [1.29, 1.82) is 0 Å². The molecule has 3 fully saturated rings. The lowest BCUT2D eigenvalue weighted by Crippen LogP contribution is -2.56. The van der Waals surface area contributed by atoms with Crippen molar-refractivity contribution >= 4 is 23.7 Å². The third-order valence-electron chi connectivity index (χ3n) is 7.29. The molecular formula is C25H27F2NO11. The van der Waals surface area contributed by atoms with E-state index >= 15 is 8.78 Å². The van der Waals surface area contributed by atoms with Gasteiger partial charge in [0.15, 0.2) is 0 Å². The number of hydrogen-bond donors (Lipinski definition) is 2. The van der Waals surface area contributed by atoms with Crippen LogP contribution in [0.1, 0.15) is 56.6 Å². The molecule has 12 nitrogen and oxygen atoms in total. The van der Waals surface area contributed by atoms with Crippen LogP contribution in [-0.4, -0.2) is 52.2 Å². The highest BCUT2D eigenvalue weighted by molar-refractivity contribution is 5.92. The number of Topliss-reactive ketones (excluding diaryl/α,β-unsaturated/α-hetero) is 1. The summed E-state index contributed by atoms with van der Waals surface area (Å²) in [5, 5.41) is 28.7. The molecule has 3 aliphatic rings. The summed E-state index contributed by atoms with van der Waals surface area (Å²) in [7, 11) is 0. The van der Waals surface area contributed by atoms with Crippen LogP contribution in [0.4, 0.5) is 8.78 Å². The molecule has 14 heteroatoms. The van der Waals surface area contributed by atoms with Crippen molar-refractivity contribution < 1.29 is 57.6 Å². The molecule has 0 radical (unpaired) electrons. The number of carboxylic acids is 1. The van der Waals surface area contributed by atoms with Gasteiger partial charge >= 0.3 is 23.8 Å². The molecule has 3 atom stereocenters. The summed E-state index contributed by atoms with van der Waals surface area (Å²) < 4.78 is 39.8. The van der Waals surface area contributed by atoms with Gasteiger partial charge in [0, 0.05) is 41.5 Å². The Morgan fingerprint density at radius 2 is 1.87 bits per heavy atom. The second kappa shape index (κ2) is 11.3. The van der Waals surface area contributed by atoms with Gasteiger partial charge in [-0.15, -0.1) is 10.1 Å². The fraction of sp³-hybridized carbons (Fsp3) is 0.520. The predicted octanol–water partition coefficient (Wildman–Crippen LogP) is 3.28. The van der Waals surface area contributed by atoms with Crippen molar-refractivity contribution in [2.45, 2.75) is 51.4 Å². The number of carbonyl (C=O) groups excluding carboxylic acids is 3. The number of ketones is 1. The van der Waals surface area contributed by atoms with Gasteiger partial charge < -0.3 is 24.5 Å². The van der Waals surface area contributed by atoms with E-state index in [0.29, 0.717) is 30.7 Å². The number of phenols is 1. The quantitative estimate of drug-likeness (QED) is 0.0965. The monoisotopic (exact) mass is 555 g/mol. The van der Waals surface area contributed by atoms with Gasteiger partial charge in [0.05, 0.1) is 13.2 Å². The number of benzene rings is 1. The van der Waals surface area contributed by atoms with Crippen LogP contribution in [0.3, 0.4) is 0 Å². The summed E-state index contributed by atoms with van der Waals surface area (Å²) in [6.45, 7) is 2.93. The van der Waals surface area contributed by atoms with Gasteiger partial charge in [0.1, 0.15) is 17.3 Å². The Kier molecular flexibility index (Phi) is 8.56. The second-order valence-electron chi connectivity index (χ2n) is 9.97. The maximum atomic E-state index is 15.0. The van der Waals surface area contributed by atoms with Crippen molar-refractivity contribution in [3.8, 4) is 11.5 Å². The molecule has 39 heavy (non-hydrogen) atoms. The van der Waals surface area contributed by atoms with Gasteiger partial charge in [-0.2, -0.15) is 8.78 Å². The number of rotatable bonds is 12. The molecule has 2 N–H and O–H groups in total. The molecule has 3 aliphatic carbocycles. The van der Waals surface area contributed by atoms with Crippen molar-refractivity contribution in [3.05, 3.63) is 45.5 Å². The first-order valence-corrected chi connectivity index (χ1v) is 12.0. The Labute approximate surface area is 220 Å². The van der Waals surface area contributed by atoms with Crippen molar-refractivity contribution in [3.63, 3.8) is 0 Å². The zero-order valence-electron chi connectivity index (χ0n) is 21.1. The Balaban J connectivity index is 1.89. The van der Waals surface area contributed by atoms with Crippen LogP contribution in [0.2, 0.25) is 0 Å². The highest BCUT2D eigenvalue weighted by Gasteiger charge is 2.59. The summed E-state index contributed by atoms with van der Waals surface area (Å²) in [5.41, 5.74) is -1.59. The zero-order valence-corrected chi connectivity index (χ0v) is 21.1. The van der Waals surface area contributed by atoms with Gasteiger partial charge in [0.2, 0.25) is 0 Å². The third kappa shape index (κ3) is 6.32. The fourth-order valence-corrected chi connectivity index (χ4v) is 5.24. The summed E-state index contributed by atoms with van der Waals surface area (Å²) in [6, 6.07) is 1.31. The van der Waals surface area contributed by atoms with E-state index in [0.717, 1.165) is 0 Å². The van der Waals surface area contributed by atoms with Gasteiger partial charge in [0.25, 0.3) is 5.09 Å². The van der Waals surface area contributed by atoms with Gasteiger partial charge in [-0.3, -0.25) is 4.79 Å². The topological polar surface area (TPSA) is 180 Å². The first kappa shape index (κ1) is 29.5. The lowest BCUT2D eigenvalue weighted by Gasteiger charge is -2.59. The number of hydrogen-bond acceptors (Lipinski definition) is 10. The van der Waals surface area contributed by atoms with Crippen LogP contribution in [-0.2, 0) is 34.7 Å². The summed E-state index contributed by atoms with van der Waals surface area (Å²) in [4.78, 5) is 62.1. The first-order chi connectivity index (χ1) is 18.2. The Hall–Kier alpha value is -4.10. The van der Waals surface area contributed by atoms with E-state index in [1.807, 2.05) is 13.8 Å². The number of ether oxygens (including phenoxy) is 2. The number of unbranched alkanes of at least 4 members (excludes halogenated alkanes) is 1. The van der Waals surface area contributed by atoms with E-state index in [2.05, 4.69) is 9.57 Å². The van der Waals surface area contributed by atoms with Gasteiger partial charge in [-0.25, -0.2) is 14.4 Å². The number of carboxylic acid groups (broad SMARTS) is 1. The number of nitrogens with zero attached hydrogens (tertiary/aromatic N) is 1. The molecular weight excluding hydrogens is 528 g/mol. The van der Waals surface area contributed by atoms with E-state index in [1.54, 1.807) is 0 Å². The zero-order chi connectivity index (χ0) is 29.1. The molecule has 0 spiro atoms. The molecule has 212 valence electrons. The molecule has 0 unspecified atom stereocenters. The molecule has 2 bridgehead atoms. The maximum Gasteiger partial charge on any atom is 0.381 e. The molecule has 0 aliphatic heterocycles. The summed E-state index contributed by atoms with van der Waals surface area (Å²) in [6.07, 6.45) is 1.53. The molecule has 0 saturated heterocycles. The second-order valence-corrected chi connectivity index (χ2v) is 9.97. The molecule has 1 aromatic rings. The number of halogens is 2. The van der Waals surface area contributed by atoms with Crippen molar-refractivity contribution in [2.24, 2.45) is 17.3 Å². The van der Waals surface area contributed by atoms with E-state index in [9.17, 15) is 34.4 Å². The smallest absolute Gasteiger partial charge is 0.381 e. The average molecular weight is 555 g/mol. The molecule has 1 aromatic carbocycles. The van der Waals surface area contributed by atoms with Crippen molar-refractivity contribution in [1.82, 2.24) is 0 Å². The average Bonchev–Trinajstić information content (AvgIpc) is 2.83. The Bertz CT molecular complexity index is 1210. The number of fused-ring (bicyclic) bond motifs is 2. The Morgan fingerprint density at radius 1 is 1.21 bits per heavy atom. The number of aromatic hydroxyl groups is 1. The van der Waals surface area contributed by atoms with Crippen LogP contribution >= 0.6 is 0 Å². The van der Waals surface area contributed by atoms with Gasteiger partial charge in [-0.1, -0.05) is 13.8 Å². The highest BCUT2D eigenvalue weighted by atomic mass is 19.3. The number of alkyl halides is 2. The lowest BCUT2D eigenvalue weighted by molar-refractivity contribution is -0.757. The molecule has 4 rings (SSSR count). The number of phenolic OH excluding ortho intramolecular Hbond substituents is 1. The highest BCUT2D eigenvalue weighted by Crippen LogP contribution is 2.64.